The van der Waals surface area contributed by atoms with Crippen molar-refractivity contribution in [3.05, 3.63) is 33.3 Å². The molecule has 1 fully saturated rings. The lowest BCUT2D eigenvalue weighted by atomic mass is 9.66. The molecule has 1 aliphatic rings. The van der Waals surface area contributed by atoms with Crippen molar-refractivity contribution in [3.8, 4) is 6.07 Å². The molecule has 0 aliphatic heterocycles. The largest absolute Gasteiger partial charge is 0.387 e. The van der Waals surface area contributed by atoms with E-state index in [4.69, 9.17) is 11.6 Å². The Morgan fingerprint density at radius 3 is 2.70 bits per heavy atom. The third kappa shape index (κ3) is 3.03. The number of benzene rings is 1. The van der Waals surface area contributed by atoms with E-state index in [9.17, 15) is 10.4 Å². The first-order chi connectivity index (χ1) is 9.52. The van der Waals surface area contributed by atoms with Gasteiger partial charge < -0.3 is 5.11 Å². The number of rotatable bonds is 3. The number of hydrogen-bond donors (Lipinski definition) is 1. The van der Waals surface area contributed by atoms with Crippen LogP contribution < -0.4 is 0 Å². The topological polar surface area (TPSA) is 44.0 Å². The van der Waals surface area contributed by atoms with Crippen LogP contribution in [0.3, 0.4) is 0 Å². The fourth-order valence-corrected chi connectivity index (χ4v) is 3.67. The molecule has 0 aromatic heterocycles. The smallest absolute Gasteiger partial charge is 0.0991 e. The average Bonchev–Trinajstić information content (AvgIpc) is 2.49. The summed E-state index contributed by atoms with van der Waals surface area (Å²) in [6.45, 7) is 2.19. The van der Waals surface area contributed by atoms with Crippen LogP contribution in [0.5, 0.6) is 0 Å². The quantitative estimate of drug-likeness (QED) is 0.804. The van der Waals surface area contributed by atoms with Crippen LogP contribution >= 0.6 is 27.5 Å². The summed E-state index contributed by atoms with van der Waals surface area (Å²) >= 11 is 9.59. The second-order valence-electron chi connectivity index (χ2n) is 5.69. The van der Waals surface area contributed by atoms with Gasteiger partial charge >= 0.3 is 0 Å². The highest BCUT2D eigenvalue weighted by atomic mass is 79.9. The minimum atomic E-state index is -0.824. The van der Waals surface area contributed by atoms with Gasteiger partial charge in [-0.05, 0) is 49.8 Å². The number of halogens is 2. The first-order valence-corrected chi connectivity index (χ1v) is 8.24. The Morgan fingerprint density at radius 2 is 2.15 bits per heavy atom. The Hall–Kier alpha value is -0.560. The minimum absolute atomic E-state index is 0.521. The molecule has 108 valence electrons. The van der Waals surface area contributed by atoms with Crippen LogP contribution in [0.15, 0.2) is 22.7 Å². The molecule has 2 rings (SSSR count). The predicted molar refractivity (Wildman–Crippen MR) is 84.4 cm³/mol. The van der Waals surface area contributed by atoms with Gasteiger partial charge in [-0.1, -0.05) is 40.9 Å². The molecule has 0 spiro atoms. The summed E-state index contributed by atoms with van der Waals surface area (Å²) < 4.78 is 0.867. The van der Waals surface area contributed by atoms with Crippen molar-refractivity contribution in [1.29, 1.82) is 5.26 Å². The summed E-state index contributed by atoms with van der Waals surface area (Å²) in [7, 11) is 0. The fraction of sp³-hybridized carbons (Fsp3) is 0.562. The maximum Gasteiger partial charge on any atom is 0.0991 e. The van der Waals surface area contributed by atoms with Crippen molar-refractivity contribution in [2.24, 2.45) is 11.3 Å². The molecule has 4 heteroatoms. The van der Waals surface area contributed by atoms with Crippen LogP contribution in [0.1, 0.15) is 50.7 Å². The van der Waals surface area contributed by atoms with Crippen LogP contribution in [-0.4, -0.2) is 5.11 Å². The molecule has 1 aliphatic carbocycles. The van der Waals surface area contributed by atoms with E-state index >= 15 is 0 Å². The van der Waals surface area contributed by atoms with E-state index in [2.05, 4.69) is 28.9 Å². The Bertz CT molecular complexity index is 518. The molecule has 0 saturated heterocycles. The summed E-state index contributed by atoms with van der Waals surface area (Å²) in [6, 6.07) is 7.80. The average molecular weight is 357 g/mol. The Kier molecular flexibility index (Phi) is 5.12. The molecule has 1 unspecified atom stereocenters. The molecular weight excluding hydrogens is 338 g/mol. The maximum atomic E-state index is 10.7. The lowest BCUT2D eigenvalue weighted by Gasteiger charge is -2.38. The van der Waals surface area contributed by atoms with Crippen LogP contribution in [0.2, 0.25) is 5.02 Å². The Labute approximate surface area is 133 Å². The van der Waals surface area contributed by atoms with E-state index in [1.165, 1.54) is 0 Å². The molecule has 0 heterocycles. The molecular formula is C16H19BrClNO. The van der Waals surface area contributed by atoms with Crippen molar-refractivity contribution < 1.29 is 5.11 Å². The van der Waals surface area contributed by atoms with E-state index < -0.39 is 11.5 Å². The molecule has 1 aromatic rings. The summed E-state index contributed by atoms with van der Waals surface area (Å²) in [5.74, 6) is 0.682. The van der Waals surface area contributed by atoms with E-state index in [0.29, 0.717) is 16.5 Å². The van der Waals surface area contributed by atoms with Gasteiger partial charge in [0.1, 0.15) is 0 Å². The predicted octanol–water partition coefficient (Wildman–Crippen LogP) is 5.25. The summed E-state index contributed by atoms with van der Waals surface area (Å²) in [5.41, 5.74) is -0.0478. The van der Waals surface area contributed by atoms with Gasteiger partial charge in [0, 0.05) is 15.1 Å². The lowest BCUT2D eigenvalue weighted by Crippen LogP contribution is -2.32. The zero-order valence-electron chi connectivity index (χ0n) is 11.6. The van der Waals surface area contributed by atoms with Crippen LogP contribution in [0.4, 0.5) is 0 Å². The zero-order chi connectivity index (χ0) is 14.8. The van der Waals surface area contributed by atoms with Gasteiger partial charge in [-0.15, -0.1) is 0 Å². The number of aliphatic hydroxyl groups excluding tert-OH is 1. The lowest BCUT2D eigenvalue weighted by molar-refractivity contribution is 0.0243. The van der Waals surface area contributed by atoms with E-state index in [1.807, 2.05) is 12.1 Å². The first kappa shape index (κ1) is 15.8. The number of hydrogen-bond acceptors (Lipinski definition) is 2. The normalized spacial score (nSPS) is 27.9. The monoisotopic (exact) mass is 355 g/mol. The van der Waals surface area contributed by atoms with E-state index in [-0.39, 0.29) is 0 Å². The highest BCUT2D eigenvalue weighted by molar-refractivity contribution is 9.10. The van der Waals surface area contributed by atoms with Crippen molar-refractivity contribution in [1.82, 2.24) is 0 Å². The standard InChI is InChI=1S/C16H19BrClNO/c1-2-11-5-7-16(10-19,8-6-11)15(20)13-9-12(17)3-4-14(13)18/h3-4,9,11,15,20H,2,5-8H2,1H3. The fourth-order valence-electron chi connectivity index (χ4n) is 3.07. The third-order valence-corrected chi connectivity index (χ3v) is 5.41. The molecule has 1 saturated carbocycles. The Morgan fingerprint density at radius 1 is 1.50 bits per heavy atom. The maximum absolute atomic E-state index is 10.7. The summed E-state index contributed by atoms with van der Waals surface area (Å²) in [6.07, 6.45) is 3.82. The van der Waals surface area contributed by atoms with Crippen molar-refractivity contribution in [2.45, 2.75) is 45.1 Å². The van der Waals surface area contributed by atoms with Gasteiger partial charge in [-0.2, -0.15) is 5.26 Å². The van der Waals surface area contributed by atoms with Gasteiger partial charge in [-0.3, -0.25) is 0 Å². The SMILES string of the molecule is CCC1CCC(C#N)(C(O)c2cc(Br)ccc2Cl)CC1. The molecule has 0 bridgehead atoms. The summed E-state index contributed by atoms with van der Waals surface area (Å²) in [5, 5.41) is 20.9. The number of nitrogens with zero attached hydrogens (tertiary/aromatic N) is 1. The zero-order valence-corrected chi connectivity index (χ0v) is 13.9. The van der Waals surface area contributed by atoms with Gasteiger partial charge in [0.15, 0.2) is 0 Å². The highest BCUT2D eigenvalue weighted by Crippen LogP contribution is 2.49. The molecule has 20 heavy (non-hydrogen) atoms. The second kappa shape index (κ2) is 6.47. The van der Waals surface area contributed by atoms with Gasteiger partial charge in [0.2, 0.25) is 0 Å². The molecule has 1 N–H and O–H groups in total. The molecule has 1 aromatic carbocycles. The number of nitriles is 1. The first-order valence-electron chi connectivity index (χ1n) is 7.06. The van der Waals surface area contributed by atoms with Crippen molar-refractivity contribution in [2.75, 3.05) is 0 Å². The molecule has 0 amide bonds. The highest BCUT2D eigenvalue weighted by Gasteiger charge is 2.42. The van der Waals surface area contributed by atoms with E-state index in [0.717, 1.165) is 36.6 Å². The van der Waals surface area contributed by atoms with Crippen molar-refractivity contribution >= 4 is 27.5 Å². The third-order valence-electron chi connectivity index (χ3n) is 4.57. The van der Waals surface area contributed by atoms with Crippen LogP contribution in [0.25, 0.3) is 0 Å². The molecule has 2 nitrogen and oxygen atoms in total. The molecule has 1 atom stereocenters. The molecule has 0 radical (unpaired) electrons. The van der Waals surface area contributed by atoms with Gasteiger partial charge in [-0.25, -0.2) is 0 Å². The van der Waals surface area contributed by atoms with Crippen molar-refractivity contribution in [3.63, 3.8) is 0 Å². The summed E-state index contributed by atoms with van der Waals surface area (Å²) in [4.78, 5) is 0. The van der Waals surface area contributed by atoms with Gasteiger partial charge in [0.05, 0.1) is 17.6 Å². The Balaban J connectivity index is 2.28. The minimum Gasteiger partial charge on any atom is -0.387 e. The van der Waals surface area contributed by atoms with Gasteiger partial charge in [0.25, 0.3) is 0 Å². The second-order valence-corrected chi connectivity index (χ2v) is 7.01. The van der Waals surface area contributed by atoms with E-state index in [1.54, 1.807) is 6.07 Å². The number of aliphatic hydroxyl groups is 1. The van der Waals surface area contributed by atoms with Crippen LogP contribution in [-0.2, 0) is 0 Å². The van der Waals surface area contributed by atoms with Crippen LogP contribution in [0, 0.1) is 22.7 Å².